The quantitative estimate of drug-likeness (QED) is 0.279. The summed E-state index contributed by atoms with van der Waals surface area (Å²) < 4.78 is 0. The normalized spacial score (nSPS) is 16.4. The van der Waals surface area contributed by atoms with E-state index in [1.807, 2.05) is 23.1 Å². The van der Waals surface area contributed by atoms with Crippen LogP contribution >= 0.6 is 23.1 Å². The van der Waals surface area contributed by atoms with E-state index >= 15 is 0 Å². The Hall–Kier alpha value is -2.67. The molecule has 2 aliphatic rings. The van der Waals surface area contributed by atoms with E-state index in [1.54, 1.807) is 0 Å². The summed E-state index contributed by atoms with van der Waals surface area (Å²) in [5.74, 6) is 2.94. The van der Waals surface area contributed by atoms with Gasteiger partial charge < -0.3 is 4.90 Å². The van der Waals surface area contributed by atoms with Crippen molar-refractivity contribution in [2.45, 2.75) is 29.9 Å². The maximum atomic E-state index is 5.18. The Labute approximate surface area is 215 Å². The first-order valence-electron chi connectivity index (χ1n) is 12.5. The molecule has 1 fully saturated rings. The molecule has 1 aliphatic carbocycles. The van der Waals surface area contributed by atoms with Crippen molar-refractivity contribution in [3.8, 4) is 0 Å². The van der Waals surface area contributed by atoms with Gasteiger partial charge in [-0.3, -0.25) is 4.90 Å². The smallest absolute Gasteiger partial charge is 0.142 e. The highest BCUT2D eigenvalue weighted by Gasteiger charge is 2.26. The molecule has 0 bridgehead atoms. The molecule has 35 heavy (non-hydrogen) atoms. The molecule has 0 N–H and O–H groups in total. The van der Waals surface area contributed by atoms with Crippen LogP contribution in [-0.4, -0.2) is 47.6 Å². The monoisotopic (exact) mass is 498 g/mol. The molecule has 0 unspecified atom stereocenters. The third-order valence-corrected chi connectivity index (χ3v) is 9.04. The molecule has 6 heteroatoms. The van der Waals surface area contributed by atoms with E-state index in [0.717, 1.165) is 44.3 Å². The Bertz CT molecular complexity index is 1310. The summed E-state index contributed by atoms with van der Waals surface area (Å²) >= 11 is 3.72. The minimum Gasteiger partial charge on any atom is -0.353 e. The number of aryl methyl sites for hydroxylation is 2. The number of thiophene rings is 1. The molecule has 0 amide bonds. The zero-order valence-electron chi connectivity index (χ0n) is 19.9. The lowest BCUT2D eigenvalue weighted by Crippen LogP contribution is -2.46. The lowest BCUT2D eigenvalue weighted by Gasteiger charge is -2.35. The van der Waals surface area contributed by atoms with E-state index in [0.29, 0.717) is 0 Å². The Morgan fingerprint density at radius 3 is 2.46 bits per heavy atom. The second kappa shape index (κ2) is 10.5. The van der Waals surface area contributed by atoms with Gasteiger partial charge in [-0.25, -0.2) is 9.97 Å². The molecule has 2 aromatic carbocycles. The summed E-state index contributed by atoms with van der Waals surface area (Å²) in [6, 6.07) is 21.1. The number of aromatic nitrogens is 2. The molecule has 0 radical (unpaired) electrons. The molecule has 0 atom stereocenters. The van der Waals surface area contributed by atoms with E-state index in [1.165, 1.54) is 56.2 Å². The van der Waals surface area contributed by atoms with Crippen molar-refractivity contribution in [2.24, 2.45) is 0 Å². The number of anilines is 1. The van der Waals surface area contributed by atoms with Crippen LogP contribution in [0.3, 0.4) is 0 Å². The predicted octanol–water partition coefficient (Wildman–Crippen LogP) is 6.31. The molecule has 178 valence electrons. The van der Waals surface area contributed by atoms with Gasteiger partial charge in [-0.1, -0.05) is 60.7 Å². The van der Waals surface area contributed by atoms with Gasteiger partial charge in [-0.2, -0.15) is 0 Å². The molecule has 1 saturated heterocycles. The van der Waals surface area contributed by atoms with Gasteiger partial charge in [0.05, 0.1) is 11.1 Å². The van der Waals surface area contributed by atoms with Gasteiger partial charge in [0.25, 0.3) is 0 Å². The summed E-state index contributed by atoms with van der Waals surface area (Å²) in [5, 5.41) is 1.34. The van der Waals surface area contributed by atoms with Gasteiger partial charge in [0, 0.05) is 42.5 Å². The van der Waals surface area contributed by atoms with Crippen LogP contribution < -0.4 is 4.90 Å². The Morgan fingerprint density at radius 2 is 1.66 bits per heavy atom. The van der Waals surface area contributed by atoms with Crippen molar-refractivity contribution < 1.29 is 0 Å². The van der Waals surface area contributed by atoms with Crippen molar-refractivity contribution in [3.63, 3.8) is 0 Å². The van der Waals surface area contributed by atoms with Gasteiger partial charge in [-0.15, -0.1) is 23.1 Å². The average molecular weight is 499 g/mol. The fraction of sp³-hybridized carbons (Fsp3) is 0.310. The largest absolute Gasteiger partial charge is 0.353 e. The topological polar surface area (TPSA) is 32.3 Å². The van der Waals surface area contributed by atoms with Gasteiger partial charge in [-0.05, 0) is 42.5 Å². The SMILES string of the molecule is C(=Cc1ccccc1)CN1CCN(c2nc(CSc3ccccc3)nc3sc4c(c23)CCC4)CC1. The first-order chi connectivity index (χ1) is 17.3. The van der Waals surface area contributed by atoms with Crippen molar-refractivity contribution in [3.05, 3.63) is 88.6 Å². The number of hydrogen-bond acceptors (Lipinski definition) is 6. The van der Waals surface area contributed by atoms with E-state index in [-0.39, 0.29) is 0 Å². The summed E-state index contributed by atoms with van der Waals surface area (Å²) in [5.41, 5.74) is 2.79. The molecule has 0 saturated carbocycles. The van der Waals surface area contributed by atoms with Gasteiger partial charge in [0.2, 0.25) is 0 Å². The molecule has 2 aromatic heterocycles. The third-order valence-electron chi connectivity index (χ3n) is 6.85. The molecule has 4 aromatic rings. The Balaban J connectivity index is 1.19. The number of hydrogen-bond donors (Lipinski definition) is 0. The van der Waals surface area contributed by atoms with Crippen LogP contribution in [0.5, 0.6) is 0 Å². The number of nitrogens with zero attached hydrogens (tertiary/aromatic N) is 4. The van der Waals surface area contributed by atoms with Crippen LogP contribution in [0.4, 0.5) is 5.82 Å². The first kappa shape index (κ1) is 22.8. The fourth-order valence-electron chi connectivity index (χ4n) is 5.02. The summed E-state index contributed by atoms with van der Waals surface area (Å²) in [7, 11) is 0. The van der Waals surface area contributed by atoms with Crippen molar-refractivity contribution in [2.75, 3.05) is 37.6 Å². The number of rotatable bonds is 7. The minimum atomic E-state index is 0.805. The maximum Gasteiger partial charge on any atom is 0.142 e. The highest BCUT2D eigenvalue weighted by Crippen LogP contribution is 2.41. The maximum absolute atomic E-state index is 5.18. The Morgan fingerprint density at radius 1 is 0.886 bits per heavy atom. The van der Waals surface area contributed by atoms with Crippen LogP contribution in [0.25, 0.3) is 16.3 Å². The van der Waals surface area contributed by atoms with Crippen molar-refractivity contribution in [1.29, 1.82) is 0 Å². The second-order valence-electron chi connectivity index (χ2n) is 9.20. The molecule has 0 spiro atoms. The van der Waals surface area contributed by atoms with E-state index in [9.17, 15) is 0 Å². The molecular formula is C29H30N4S2. The third kappa shape index (κ3) is 5.15. The molecule has 1 aliphatic heterocycles. The highest BCUT2D eigenvalue weighted by atomic mass is 32.2. The molecule has 4 nitrogen and oxygen atoms in total. The zero-order chi connectivity index (χ0) is 23.5. The zero-order valence-corrected chi connectivity index (χ0v) is 21.5. The van der Waals surface area contributed by atoms with Gasteiger partial charge >= 0.3 is 0 Å². The fourth-order valence-corrected chi connectivity index (χ4v) is 7.07. The van der Waals surface area contributed by atoms with Crippen LogP contribution in [0, 0.1) is 0 Å². The average Bonchev–Trinajstić information content (AvgIpc) is 3.50. The van der Waals surface area contributed by atoms with E-state index in [4.69, 9.17) is 9.97 Å². The number of fused-ring (bicyclic) bond motifs is 3. The molecular weight excluding hydrogens is 468 g/mol. The van der Waals surface area contributed by atoms with Crippen LogP contribution in [0.1, 0.15) is 28.2 Å². The van der Waals surface area contributed by atoms with Gasteiger partial charge in [0.15, 0.2) is 0 Å². The van der Waals surface area contributed by atoms with Crippen molar-refractivity contribution >= 4 is 45.2 Å². The summed E-state index contributed by atoms with van der Waals surface area (Å²) in [6.07, 6.45) is 8.16. The number of thioether (sulfide) groups is 1. The van der Waals surface area contributed by atoms with Crippen LogP contribution in [-0.2, 0) is 18.6 Å². The summed E-state index contributed by atoms with van der Waals surface area (Å²) in [4.78, 5) is 19.3. The van der Waals surface area contributed by atoms with E-state index in [2.05, 4.69) is 82.6 Å². The number of benzene rings is 2. The van der Waals surface area contributed by atoms with Crippen molar-refractivity contribution in [1.82, 2.24) is 14.9 Å². The first-order valence-corrected chi connectivity index (χ1v) is 14.3. The summed E-state index contributed by atoms with van der Waals surface area (Å²) in [6.45, 7) is 5.15. The standard InChI is InChI=1S/C29H30N4S2/c1-3-9-22(10-4-1)11-8-16-32-17-19-33(20-18-32)28-27-24-14-7-15-25(24)35-29(27)31-26(30-28)21-34-23-12-5-2-6-13-23/h1-6,8-13H,7,14-21H2. The van der Waals surface area contributed by atoms with Gasteiger partial charge in [0.1, 0.15) is 16.5 Å². The molecule has 3 heterocycles. The highest BCUT2D eigenvalue weighted by molar-refractivity contribution is 7.98. The predicted molar refractivity (Wildman–Crippen MR) is 150 cm³/mol. The number of piperazine rings is 1. The van der Waals surface area contributed by atoms with E-state index < -0.39 is 0 Å². The molecule has 6 rings (SSSR count). The minimum absolute atomic E-state index is 0.805. The lowest BCUT2D eigenvalue weighted by molar-refractivity contribution is 0.284. The second-order valence-corrected chi connectivity index (χ2v) is 11.3. The van der Waals surface area contributed by atoms with Crippen LogP contribution in [0.2, 0.25) is 0 Å². The Kier molecular flexibility index (Phi) is 6.85. The lowest BCUT2D eigenvalue weighted by atomic mass is 10.1. The van der Waals surface area contributed by atoms with Crippen LogP contribution in [0.15, 0.2) is 71.6 Å².